The lowest BCUT2D eigenvalue weighted by Gasteiger charge is -2.49. The summed E-state index contributed by atoms with van der Waals surface area (Å²) >= 11 is 0. The zero-order valence-corrected chi connectivity index (χ0v) is 20.8. The molecule has 2 saturated heterocycles. The highest BCUT2D eigenvalue weighted by molar-refractivity contribution is 6.74. The van der Waals surface area contributed by atoms with E-state index in [1.807, 2.05) is 30.3 Å². The zero-order chi connectivity index (χ0) is 23.2. The highest BCUT2D eigenvalue weighted by Crippen LogP contribution is 2.47. The van der Waals surface area contributed by atoms with Gasteiger partial charge in [0.2, 0.25) is 0 Å². The highest BCUT2D eigenvalue weighted by Gasteiger charge is 2.64. The van der Waals surface area contributed by atoms with E-state index in [4.69, 9.17) is 23.4 Å². The van der Waals surface area contributed by atoms with Crippen molar-refractivity contribution >= 4 is 14.3 Å². The van der Waals surface area contributed by atoms with Gasteiger partial charge in [0.1, 0.15) is 18.3 Å². The van der Waals surface area contributed by atoms with E-state index in [1.165, 1.54) is 0 Å². The van der Waals surface area contributed by atoms with Gasteiger partial charge in [-0.1, -0.05) is 51.1 Å². The lowest BCUT2D eigenvalue weighted by molar-refractivity contribution is -0.310. The van der Waals surface area contributed by atoms with E-state index in [0.29, 0.717) is 6.61 Å². The fraction of sp³-hybridized carbons (Fsp3) is 0.696. The van der Waals surface area contributed by atoms with Gasteiger partial charge in [-0.25, -0.2) is 4.79 Å². The molecule has 1 N–H and O–H groups in total. The number of carboxylic acid groups (broad SMARTS) is 1. The van der Waals surface area contributed by atoms with Gasteiger partial charge >= 0.3 is 5.97 Å². The summed E-state index contributed by atoms with van der Waals surface area (Å²) in [7, 11) is -2.35. The number of rotatable bonds is 6. The molecule has 0 amide bonds. The summed E-state index contributed by atoms with van der Waals surface area (Å²) in [6, 6.07) is 9.75. The van der Waals surface area contributed by atoms with Crippen molar-refractivity contribution in [3.63, 3.8) is 0 Å². The van der Waals surface area contributed by atoms with Crippen molar-refractivity contribution in [2.75, 3.05) is 0 Å². The number of carbonyl (C=O) groups is 1. The van der Waals surface area contributed by atoms with Crippen LogP contribution in [-0.4, -0.2) is 55.4 Å². The van der Waals surface area contributed by atoms with Crippen molar-refractivity contribution in [1.29, 1.82) is 0 Å². The van der Waals surface area contributed by atoms with E-state index < -0.39 is 50.3 Å². The molecule has 5 atom stereocenters. The normalized spacial score (nSPS) is 33.2. The molecule has 0 unspecified atom stereocenters. The third kappa shape index (κ3) is 5.04. The summed E-state index contributed by atoms with van der Waals surface area (Å²) in [6.45, 7) is 16.1. The quantitative estimate of drug-likeness (QED) is 0.644. The first kappa shape index (κ1) is 24.4. The second-order valence-corrected chi connectivity index (χ2v) is 15.3. The largest absolute Gasteiger partial charge is 0.479 e. The van der Waals surface area contributed by atoms with Gasteiger partial charge in [0.15, 0.2) is 26.0 Å². The summed E-state index contributed by atoms with van der Waals surface area (Å²) in [4.78, 5) is 12.3. The Morgan fingerprint density at radius 3 is 2.26 bits per heavy atom. The van der Waals surface area contributed by atoms with Gasteiger partial charge in [-0.2, -0.15) is 0 Å². The van der Waals surface area contributed by atoms with E-state index in [1.54, 1.807) is 20.8 Å². The molecule has 2 aliphatic heterocycles. The van der Waals surface area contributed by atoms with Crippen LogP contribution in [0.25, 0.3) is 0 Å². The van der Waals surface area contributed by atoms with E-state index in [-0.39, 0.29) is 5.04 Å². The molecule has 0 bridgehead atoms. The summed E-state index contributed by atoms with van der Waals surface area (Å²) in [6.07, 6.45) is -3.40. The van der Waals surface area contributed by atoms with Gasteiger partial charge in [0.25, 0.3) is 0 Å². The maximum atomic E-state index is 12.3. The minimum Gasteiger partial charge on any atom is -0.479 e. The van der Waals surface area contributed by atoms with E-state index >= 15 is 0 Å². The molecule has 1 aromatic rings. The van der Waals surface area contributed by atoms with Crippen molar-refractivity contribution in [3.8, 4) is 0 Å². The van der Waals surface area contributed by atoms with Crippen LogP contribution >= 0.6 is 0 Å². The Labute approximate surface area is 186 Å². The first-order chi connectivity index (χ1) is 14.2. The first-order valence-electron chi connectivity index (χ1n) is 10.8. The number of hydrogen-bond donors (Lipinski definition) is 1. The monoisotopic (exact) mass is 452 g/mol. The Balaban J connectivity index is 1.99. The van der Waals surface area contributed by atoms with Gasteiger partial charge in [-0.3, -0.25) is 0 Å². The number of carboxylic acids is 1. The minimum absolute atomic E-state index is 0.118. The van der Waals surface area contributed by atoms with Crippen molar-refractivity contribution in [2.24, 2.45) is 0 Å². The fourth-order valence-corrected chi connectivity index (χ4v) is 5.18. The van der Waals surface area contributed by atoms with Crippen LogP contribution < -0.4 is 0 Å². The topological polar surface area (TPSA) is 83.5 Å². The van der Waals surface area contributed by atoms with Crippen molar-refractivity contribution in [1.82, 2.24) is 0 Å². The van der Waals surface area contributed by atoms with Crippen LogP contribution in [0.1, 0.15) is 47.1 Å². The summed E-state index contributed by atoms with van der Waals surface area (Å²) < 4.78 is 31.2. The molecule has 2 fully saturated rings. The minimum atomic E-state index is -2.35. The maximum Gasteiger partial charge on any atom is 0.335 e. The van der Waals surface area contributed by atoms with Crippen LogP contribution in [-0.2, 0) is 34.8 Å². The molecule has 0 aromatic heterocycles. The molecule has 31 heavy (non-hydrogen) atoms. The highest BCUT2D eigenvalue weighted by atomic mass is 28.4. The average Bonchev–Trinajstić information content (AvgIpc) is 2.88. The third-order valence-electron chi connectivity index (χ3n) is 6.42. The molecule has 2 aliphatic rings. The van der Waals surface area contributed by atoms with Crippen LogP contribution in [0.15, 0.2) is 30.3 Å². The molecule has 0 spiro atoms. The molecule has 0 aliphatic carbocycles. The molecular formula is C23H36O7Si. The van der Waals surface area contributed by atoms with Crippen molar-refractivity contribution in [2.45, 2.75) is 102 Å². The molecule has 7 nitrogen and oxygen atoms in total. The number of ether oxygens (including phenoxy) is 4. The Morgan fingerprint density at radius 2 is 1.71 bits per heavy atom. The fourth-order valence-electron chi connectivity index (χ4n) is 3.89. The smallest absolute Gasteiger partial charge is 0.335 e. The predicted octanol–water partition coefficient (Wildman–Crippen LogP) is 4.31. The van der Waals surface area contributed by atoms with Crippen LogP contribution in [0, 0.1) is 0 Å². The second kappa shape index (κ2) is 8.24. The Hall–Kier alpha value is -1.29. The van der Waals surface area contributed by atoms with Gasteiger partial charge in [-0.15, -0.1) is 0 Å². The van der Waals surface area contributed by atoms with Crippen LogP contribution in [0.5, 0.6) is 0 Å². The van der Waals surface area contributed by atoms with Crippen LogP contribution in [0.4, 0.5) is 0 Å². The number of aliphatic carboxylic acids is 1. The van der Waals surface area contributed by atoms with Crippen molar-refractivity contribution < 1.29 is 33.3 Å². The molecule has 0 saturated carbocycles. The molecule has 1 aromatic carbocycles. The van der Waals surface area contributed by atoms with E-state index in [9.17, 15) is 9.90 Å². The Morgan fingerprint density at radius 1 is 1.10 bits per heavy atom. The standard InChI is InChI=1S/C23H36O7Si/c1-21(2,3)31(7,8)29-16-17(26-14-15-12-10-9-11-13-15)19-23(6,27-18(16)20(24)25)30-22(4,5)28-19/h9-13,16-19H,14H2,1-8H3,(H,24,25)/t16-,17-,18+,19+,23+/m0/s1. The lowest BCUT2D eigenvalue weighted by atomic mass is 9.93. The predicted molar refractivity (Wildman–Crippen MR) is 118 cm³/mol. The molecule has 0 radical (unpaired) electrons. The number of benzene rings is 1. The summed E-state index contributed by atoms with van der Waals surface area (Å²) in [5.74, 6) is -3.31. The molecule has 2 heterocycles. The maximum absolute atomic E-state index is 12.3. The Kier molecular flexibility index (Phi) is 6.47. The van der Waals surface area contributed by atoms with Gasteiger partial charge in [0, 0.05) is 0 Å². The van der Waals surface area contributed by atoms with E-state index in [0.717, 1.165) is 5.56 Å². The first-order valence-corrected chi connectivity index (χ1v) is 13.7. The second-order valence-electron chi connectivity index (χ2n) is 10.5. The third-order valence-corrected chi connectivity index (χ3v) is 10.9. The molecule has 3 rings (SSSR count). The zero-order valence-electron chi connectivity index (χ0n) is 19.8. The summed E-state index contributed by atoms with van der Waals surface area (Å²) in [5.41, 5.74) is 0.979. The molecule has 174 valence electrons. The van der Waals surface area contributed by atoms with Gasteiger partial charge in [0.05, 0.1) is 6.61 Å². The SMILES string of the molecule is CC1(C)O[C@@H]2[C@@H](OCc3ccccc3)[C@H](O[Si](C)(C)C(C)(C)C)[C@H](C(=O)O)O[C@]2(C)O1. The van der Waals surface area contributed by atoms with Gasteiger partial charge < -0.3 is 28.5 Å². The van der Waals surface area contributed by atoms with E-state index in [2.05, 4.69) is 33.9 Å². The molecule has 8 heteroatoms. The Bertz CT molecular complexity index is 789. The van der Waals surface area contributed by atoms with Crippen molar-refractivity contribution in [3.05, 3.63) is 35.9 Å². The molecular weight excluding hydrogens is 416 g/mol. The lowest BCUT2D eigenvalue weighted by Crippen LogP contribution is -2.67. The average molecular weight is 453 g/mol. The number of hydrogen-bond acceptors (Lipinski definition) is 6. The van der Waals surface area contributed by atoms with Crippen LogP contribution in [0.3, 0.4) is 0 Å². The number of fused-ring (bicyclic) bond motifs is 1. The summed E-state index contributed by atoms with van der Waals surface area (Å²) in [5, 5.41) is 9.92. The van der Waals surface area contributed by atoms with Gasteiger partial charge in [-0.05, 0) is 44.5 Å². The van der Waals surface area contributed by atoms with Crippen LogP contribution in [0.2, 0.25) is 18.1 Å².